The van der Waals surface area contributed by atoms with Crippen LogP contribution in [0.2, 0.25) is 0 Å². The summed E-state index contributed by atoms with van der Waals surface area (Å²) in [5.41, 5.74) is 0.463. The number of nitrogens with zero attached hydrogens (tertiary/aromatic N) is 1. The van der Waals surface area contributed by atoms with E-state index in [1.807, 2.05) is 0 Å². The van der Waals surface area contributed by atoms with Crippen LogP contribution >= 0.6 is 0 Å². The topological polar surface area (TPSA) is 24.5 Å². The van der Waals surface area contributed by atoms with Gasteiger partial charge in [0.2, 0.25) is 0 Å². The SMILES string of the molecule is CN(CC1CCCCC1)CC1(CNC2CC2)CCOCC1. The van der Waals surface area contributed by atoms with Crippen LogP contribution in [-0.4, -0.2) is 50.8 Å². The molecule has 0 radical (unpaired) electrons. The minimum Gasteiger partial charge on any atom is -0.381 e. The lowest BCUT2D eigenvalue weighted by Crippen LogP contribution is -2.47. The van der Waals surface area contributed by atoms with E-state index in [4.69, 9.17) is 4.74 Å². The standard InChI is InChI=1S/C18H34N2O/c1-20(13-16-5-3-2-4-6-16)15-18(9-11-21-12-10-18)14-19-17-7-8-17/h16-17,19H,2-15H2,1H3. The highest BCUT2D eigenvalue weighted by Gasteiger charge is 2.35. The summed E-state index contributed by atoms with van der Waals surface area (Å²) in [6.07, 6.45) is 12.6. The van der Waals surface area contributed by atoms with E-state index in [0.717, 1.165) is 25.2 Å². The molecule has 122 valence electrons. The number of nitrogens with one attached hydrogen (secondary N) is 1. The second-order valence-corrected chi connectivity index (χ2v) is 7.97. The van der Waals surface area contributed by atoms with Gasteiger partial charge in [-0.2, -0.15) is 0 Å². The fourth-order valence-electron chi connectivity index (χ4n) is 4.29. The van der Waals surface area contributed by atoms with Crippen molar-refractivity contribution in [3.63, 3.8) is 0 Å². The molecule has 0 aromatic carbocycles. The van der Waals surface area contributed by atoms with Gasteiger partial charge in [0.05, 0.1) is 0 Å². The molecule has 0 aromatic heterocycles. The molecule has 1 heterocycles. The predicted molar refractivity (Wildman–Crippen MR) is 87.6 cm³/mol. The maximum atomic E-state index is 5.63. The van der Waals surface area contributed by atoms with Crippen molar-refractivity contribution < 1.29 is 4.74 Å². The zero-order valence-corrected chi connectivity index (χ0v) is 13.9. The minimum absolute atomic E-state index is 0.463. The van der Waals surface area contributed by atoms with E-state index in [1.54, 1.807) is 0 Å². The third kappa shape index (κ3) is 4.94. The Morgan fingerprint density at radius 1 is 1.05 bits per heavy atom. The quantitative estimate of drug-likeness (QED) is 0.781. The van der Waals surface area contributed by atoms with Crippen LogP contribution in [-0.2, 0) is 4.74 Å². The van der Waals surface area contributed by atoms with Gasteiger partial charge in [0.25, 0.3) is 0 Å². The fraction of sp³-hybridized carbons (Fsp3) is 1.00. The van der Waals surface area contributed by atoms with Gasteiger partial charge in [-0.15, -0.1) is 0 Å². The number of hydrogen-bond donors (Lipinski definition) is 1. The van der Waals surface area contributed by atoms with Crippen LogP contribution in [0.15, 0.2) is 0 Å². The molecule has 3 fully saturated rings. The third-order valence-electron chi connectivity index (χ3n) is 5.80. The third-order valence-corrected chi connectivity index (χ3v) is 5.80. The molecule has 2 aliphatic carbocycles. The van der Waals surface area contributed by atoms with Crippen LogP contribution in [0.5, 0.6) is 0 Å². The van der Waals surface area contributed by atoms with Crippen LogP contribution in [0.25, 0.3) is 0 Å². The average Bonchev–Trinajstić information content (AvgIpc) is 3.31. The second-order valence-electron chi connectivity index (χ2n) is 7.97. The van der Waals surface area contributed by atoms with Crippen LogP contribution in [0.1, 0.15) is 57.8 Å². The van der Waals surface area contributed by atoms with Crippen molar-refractivity contribution >= 4 is 0 Å². The lowest BCUT2D eigenvalue weighted by atomic mass is 9.79. The highest BCUT2D eigenvalue weighted by atomic mass is 16.5. The summed E-state index contributed by atoms with van der Waals surface area (Å²) in [5, 5.41) is 3.79. The molecule has 2 saturated carbocycles. The molecule has 3 nitrogen and oxygen atoms in total. The van der Waals surface area contributed by atoms with E-state index in [-0.39, 0.29) is 0 Å². The average molecular weight is 294 g/mol. The molecule has 0 bridgehead atoms. The maximum absolute atomic E-state index is 5.63. The number of hydrogen-bond acceptors (Lipinski definition) is 3. The Morgan fingerprint density at radius 2 is 1.76 bits per heavy atom. The fourth-order valence-corrected chi connectivity index (χ4v) is 4.29. The predicted octanol–water partition coefficient (Wildman–Crippen LogP) is 3.05. The molecular weight excluding hydrogens is 260 g/mol. The molecule has 0 atom stereocenters. The first kappa shape index (κ1) is 15.8. The number of rotatable bonds is 7. The van der Waals surface area contributed by atoms with Gasteiger partial charge in [-0.25, -0.2) is 0 Å². The Balaban J connectivity index is 1.49. The first-order chi connectivity index (χ1) is 10.3. The minimum atomic E-state index is 0.463. The summed E-state index contributed by atoms with van der Waals surface area (Å²) in [7, 11) is 2.35. The molecule has 1 N–H and O–H groups in total. The normalized spacial score (nSPS) is 27.1. The van der Waals surface area contributed by atoms with Crippen LogP contribution in [0.4, 0.5) is 0 Å². The molecule has 0 spiro atoms. The lowest BCUT2D eigenvalue weighted by Gasteiger charge is -2.41. The highest BCUT2D eigenvalue weighted by molar-refractivity contribution is 4.91. The van der Waals surface area contributed by atoms with E-state index in [0.29, 0.717) is 5.41 Å². The van der Waals surface area contributed by atoms with E-state index < -0.39 is 0 Å². The summed E-state index contributed by atoms with van der Waals surface area (Å²) in [5.74, 6) is 0.956. The van der Waals surface area contributed by atoms with Crippen molar-refractivity contribution in [2.45, 2.75) is 63.8 Å². The van der Waals surface area contributed by atoms with Crippen LogP contribution in [0.3, 0.4) is 0 Å². The Labute approximate surface area is 130 Å². The smallest absolute Gasteiger partial charge is 0.0472 e. The maximum Gasteiger partial charge on any atom is 0.0472 e. The molecule has 1 saturated heterocycles. The summed E-state index contributed by atoms with van der Waals surface area (Å²) in [6, 6.07) is 0.827. The molecule has 1 aliphatic heterocycles. The Kier molecular flexibility index (Phi) is 5.58. The van der Waals surface area contributed by atoms with Crippen molar-refractivity contribution in [1.82, 2.24) is 10.2 Å². The van der Waals surface area contributed by atoms with Crippen molar-refractivity contribution in [3.8, 4) is 0 Å². The van der Waals surface area contributed by atoms with E-state index >= 15 is 0 Å². The van der Waals surface area contributed by atoms with Gasteiger partial charge in [-0.1, -0.05) is 19.3 Å². The lowest BCUT2D eigenvalue weighted by molar-refractivity contribution is -0.00328. The van der Waals surface area contributed by atoms with Gasteiger partial charge >= 0.3 is 0 Å². The van der Waals surface area contributed by atoms with Crippen molar-refractivity contribution in [1.29, 1.82) is 0 Å². The summed E-state index contributed by atoms with van der Waals surface area (Å²) in [6.45, 7) is 5.70. The molecule has 3 heteroatoms. The first-order valence-electron chi connectivity index (χ1n) is 9.25. The zero-order chi connectivity index (χ0) is 14.5. The van der Waals surface area contributed by atoms with Crippen molar-refractivity contribution in [2.75, 3.05) is 39.9 Å². The van der Waals surface area contributed by atoms with E-state index in [2.05, 4.69) is 17.3 Å². The zero-order valence-electron chi connectivity index (χ0n) is 13.9. The number of ether oxygens (including phenoxy) is 1. The van der Waals surface area contributed by atoms with E-state index in [1.165, 1.54) is 77.4 Å². The van der Waals surface area contributed by atoms with E-state index in [9.17, 15) is 0 Å². The largest absolute Gasteiger partial charge is 0.381 e. The van der Waals surface area contributed by atoms with Crippen LogP contribution in [0, 0.1) is 11.3 Å². The summed E-state index contributed by atoms with van der Waals surface area (Å²) in [4.78, 5) is 2.63. The first-order valence-corrected chi connectivity index (χ1v) is 9.25. The molecule has 0 unspecified atom stereocenters. The highest BCUT2D eigenvalue weighted by Crippen LogP contribution is 2.33. The molecule has 3 aliphatic rings. The Hall–Kier alpha value is -0.120. The van der Waals surface area contributed by atoms with Gasteiger partial charge in [0, 0.05) is 38.9 Å². The molecule has 21 heavy (non-hydrogen) atoms. The van der Waals surface area contributed by atoms with Crippen molar-refractivity contribution in [3.05, 3.63) is 0 Å². The summed E-state index contributed by atoms with van der Waals surface area (Å²) >= 11 is 0. The van der Waals surface area contributed by atoms with Gasteiger partial charge in [0.15, 0.2) is 0 Å². The molecular formula is C18H34N2O. The van der Waals surface area contributed by atoms with Gasteiger partial charge in [0.1, 0.15) is 0 Å². The second kappa shape index (κ2) is 7.43. The summed E-state index contributed by atoms with van der Waals surface area (Å²) < 4.78 is 5.63. The Morgan fingerprint density at radius 3 is 2.43 bits per heavy atom. The molecule has 3 rings (SSSR count). The van der Waals surface area contributed by atoms with Crippen molar-refractivity contribution in [2.24, 2.45) is 11.3 Å². The molecule has 0 aromatic rings. The Bertz CT molecular complexity index is 304. The molecule has 0 amide bonds. The van der Waals surface area contributed by atoms with Gasteiger partial charge in [-0.05, 0) is 56.9 Å². The van der Waals surface area contributed by atoms with Gasteiger partial charge < -0.3 is 15.0 Å². The van der Waals surface area contributed by atoms with Crippen LogP contribution < -0.4 is 5.32 Å². The van der Waals surface area contributed by atoms with Gasteiger partial charge in [-0.3, -0.25) is 0 Å². The monoisotopic (exact) mass is 294 g/mol.